The molecule has 3 nitrogen and oxygen atoms in total. The first kappa shape index (κ1) is 10.7. The van der Waals surface area contributed by atoms with E-state index in [-0.39, 0.29) is 0 Å². The second-order valence-corrected chi connectivity index (χ2v) is 4.07. The third kappa shape index (κ3) is 2.81. The molecule has 0 aromatic rings. The standard InChI is InChI=1S/C9H19N3S/c1-4-10-9(13)12-6-5-8(7-12)11(2)3/h8H,4-7H2,1-3H3,(H,10,13). The van der Waals surface area contributed by atoms with Crippen molar-refractivity contribution in [3.63, 3.8) is 0 Å². The molecule has 0 bridgehead atoms. The van der Waals surface area contributed by atoms with Gasteiger partial charge in [-0.25, -0.2) is 0 Å². The molecule has 0 aromatic heterocycles. The van der Waals surface area contributed by atoms with Crippen LogP contribution >= 0.6 is 12.2 Å². The summed E-state index contributed by atoms with van der Waals surface area (Å²) < 4.78 is 0. The van der Waals surface area contributed by atoms with Crippen molar-refractivity contribution in [1.29, 1.82) is 0 Å². The van der Waals surface area contributed by atoms with Gasteiger partial charge in [-0.2, -0.15) is 0 Å². The molecule has 13 heavy (non-hydrogen) atoms. The number of rotatable bonds is 2. The molecule has 0 saturated carbocycles. The predicted molar refractivity (Wildman–Crippen MR) is 59.9 cm³/mol. The molecule has 1 unspecified atom stereocenters. The van der Waals surface area contributed by atoms with Crippen molar-refractivity contribution in [3.05, 3.63) is 0 Å². The zero-order valence-electron chi connectivity index (χ0n) is 8.71. The largest absolute Gasteiger partial charge is 0.363 e. The Bertz CT molecular complexity index is 182. The van der Waals surface area contributed by atoms with Crippen molar-refractivity contribution in [1.82, 2.24) is 15.1 Å². The Morgan fingerprint density at radius 3 is 2.77 bits per heavy atom. The molecule has 0 aromatic carbocycles. The smallest absolute Gasteiger partial charge is 0.168 e. The van der Waals surface area contributed by atoms with Crippen LogP contribution < -0.4 is 5.32 Å². The van der Waals surface area contributed by atoms with E-state index in [1.807, 2.05) is 0 Å². The number of likely N-dealkylation sites (N-methyl/N-ethyl adjacent to an activating group) is 1. The van der Waals surface area contributed by atoms with Gasteiger partial charge in [0.1, 0.15) is 0 Å². The summed E-state index contributed by atoms with van der Waals surface area (Å²) in [5.74, 6) is 0. The first-order valence-corrected chi connectivity index (χ1v) is 5.25. The maximum atomic E-state index is 5.25. The fourth-order valence-electron chi connectivity index (χ4n) is 1.61. The Morgan fingerprint density at radius 2 is 2.31 bits per heavy atom. The summed E-state index contributed by atoms with van der Waals surface area (Å²) in [5, 5.41) is 4.09. The SMILES string of the molecule is CCNC(=S)N1CCC(N(C)C)C1. The first-order valence-electron chi connectivity index (χ1n) is 4.84. The third-order valence-corrected chi connectivity index (χ3v) is 2.91. The highest BCUT2D eigenvalue weighted by Gasteiger charge is 2.24. The average molecular weight is 201 g/mol. The Hall–Kier alpha value is -0.350. The summed E-state index contributed by atoms with van der Waals surface area (Å²) in [6.07, 6.45) is 1.22. The molecule has 1 fully saturated rings. The number of thiocarbonyl (C=S) groups is 1. The van der Waals surface area contributed by atoms with E-state index in [1.165, 1.54) is 6.42 Å². The molecule has 1 heterocycles. The van der Waals surface area contributed by atoms with Crippen LogP contribution in [-0.4, -0.2) is 54.7 Å². The van der Waals surface area contributed by atoms with Gasteiger partial charge in [0.05, 0.1) is 0 Å². The van der Waals surface area contributed by atoms with E-state index in [4.69, 9.17) is 12.2 Å². The lowest BCUT2D eigenvalue weighted by Crippen LogP contribution is -2.40. The molecule has 1 saturated heterocycles. The zero-order chi connectivity index (χ0) is 9.84. The van der Waals surface area contributed by atoms with Crippen LogP contribution in [0.4, 0.5) is 0 Å². The maximum absolute atomic E-state index is 5.25. The summed E-state index contributed by atoms with van der Waals surface area (Å²) >= 11 is 5.25. The van der Waals surface area contributed by atoms with Crippen LogP contribution in [-0.2, 0) is 0 Å². The first-order chi connectivity index (χ1) is 6.15. The lowest BCUT2D eigenvalue weighted by Gasteiger charge is -2.22. The molecular weight excluding hydrogens is 182 g/mol. The fraction of sp³-hybridized carbons (Fsp3) is 0.889. The van der Waals surface area contributed by atoms with Crippen LogP contribution in [0.2, 0.25) is 0 Å². The van der Waals surface area contributed by atoms with Gasteiger partial charge in [0.25, 0.3) is 0 Å². The van der Waals surface area contributed by atoms with Gasteiger partial charge in [-0.1, -0.05) is 0 Å². The van der Waals surface area contributed by atoms with E-state index < -0.39 is 0 Å². The monoisotopic (exact) mass is 201 g/mol. The normalized spacial score (nSPS) is 22.5. The second kappa shape index (κ2) is 4.77. The van der Waals surface area contributed by atoms with Crippen molar-refractivity contribution < 1.29 is 0 Å². The van der Waals surface area contributed by atoms with Crippen LogP contribution in [0.3, 0.4) is 0 Å². The molecule has 1 N–H and O–H groups in total. The van der Waals surface area contributed by atoms with Gasteiger partial charge in [-0.3, -0.25) is 0 Å². The minimum atomic E-state index is 0.664. The molecule has 1 rings (SSSR count). The summed E-state index contributed by atoms with van der Waals surface area (Å²) in [5.41, 5.74) is 0. The van der Waals surface area contributed by atoms with E-state index in [2.05, 4.69) is 36.1 Å². The quantitative estimate of drug-likeness (QED) is 0.656. The highest BCUT2D eigenvalue weighted by atomic mass is 32.1. The lowest BCUT2D eigenvalue weighted by molar-refractivity contribution is 0.300. The molecule has 1 atom stereocenters. The van der Waals surface area contributed by atoms with Crippen molar-refractivity contribution in [2.75, 3.05) is 33.7 Å². The van der Waals surface area contributed by atoms with Gasteiger partial charge in [-0.05, 0) is 39.7 Å². The van der Waals surface area contributed by atoms with Crippen molar-refractivity contribution in [3.8, 4) is 0 Å². The lowest BCUT2D eigenvalue weighted by atomic mass is 10.2. The molecule has 0 spiro atoms. The van der Waals surface area contributed by atoms with Crippen LogP contribution in [0.25, 0.3) is 0 Å². The van der Waals surface area contributed by atoms with E-state index in [1.54, 1.807) is 0 Å². The molecule has 4 heteroatoms. The maximum Gasteiger partial charge on any atom is 0.168 e. The zero-order valence-corrected chi connectivity index (χ0v) is 9.52. The Labute approximate surface area is 86.1 Å². The fourth-order valence-corrected chi connectivity index (χ4v) is 1.92. The Kier molecular flexibility index (Phi) is 3.93. The van der Waals surface area contributed by atoms with Crippen LogP contribution in [0.15, 0.2) is 0 Å². The topological polar surface area (TPSA) is 18.5 Å². The van der Waals surface area contributed by atoms with E-state index in [0.29, 0.717) is 6.04 Å². The minimum absolute atomic E-state index is 0.664. The summed E-state index contributed by atoms with van der Waals surface area (Å²) in [6, 6.07) is 0.664. The second-order valence-electron chi connectivity index (χ2n) is 3.69. The van der Waals surface area contributed by atoms with Gasteiger partial charge in [0, 0.05) is 25.7 Å². The van der Waals surface area contributed by atoms with Crippen LogP contribution in [0.1, 0.15) is 13.3 Å². The number of hydrogen-bond acceptors (Lipinski definition) is 2. The van der Waals surface area contributed by atoms with E-state index in [0.717, 1.165) is 24.7 Å². The van der Waals surface area contributed by atoms with Gasteiger partial charge >= 0.3 is 0 Å². The van der Waals surface area contributed by atoms with E-state index in [9.17, 15) is 0 Å². The highest BCUT2D eigenvalue weighted by molar-refractivity contribution is 7.80. The van der Waals surface area contributed by atoms with Gasteiger partial charge in [-0.15, -0.1) is 0 Å². The minimum Gasteiger partial charge on any atom is -0.363 e. The Morgan fingerprint density at radius 1 is 1.62 bits per heavy atom. The van der Waals surface area contributed by atoms with E-state index >= 15 is 0 Å². The number of nitrogens with zero attached hydrogens (tertiary/aromatic N) is 2. The van der Waals surface area contributed by atoms with Crippen molar-refractivity contribution in [2.45, 2.75) is 19.4 Å². The summed E-state index contributed by atoms with van der Waals surface area (Å²) in [6.45, 7) is 5.15. The molecule has 1 aliphatic rings. The molecular formula is C9H19N3S. The van der Waals surface area contributed by atoms with Gasteiger partial charge in [0.15, 0.2) is 5.11 Å². The van der Waals surface area contributed by atoms with Gasteiger partial charge < -0.3 is 15.1 Å². The summed E-state index contributed by atoms with van der Waals surface area (Å²) in [7, 11) is 4.26. The number of hydrogen-bond donors (Lipinski definition) is 1. The van der Waals surface area contributed by atoms with Gasteiger partial charge in [0.2, 0.25) is 0 Å². The predicted octanol–water partition coefficient (Wildman–Crippen LogP) is 0.517. The average Bonchev–Trinajstić information content (AvgIpc) is 2.52. The third-order valence-electron chi connectivity index (χ3n) is 2.51. The number of likely N-dealkylation sites (tertiary alicyclic amines) is 1. The van der Waals surface area contributed by atoms with Crippen molar-refractivity contribution >= 4 is 17.3 Å². The van der Waals surface area contributed by atoms with Crippen molar-refractivity contribution in [2.24, 2.45) is 0 Å². The molecule has 1 aliphatic heterocycles. The highest BCUT2D eigenvalue weighted by Crippen LogP contribution is 2.12. The molecule has 76 valence electrons. The molecule has 0 amide bonds. The van der Waals surface area contributed by atoms with Crippen LogP contribution in [0, 0.1) is 0 Å². The molecule has 0 radical (unpaired) electrons. The molecule has 0 aliphatic carbocycles. The Balaban J connectivity index is 2.36. The van der Waals surface area contributed by atoms with Crippen LogP contribution in [0.5, 0.6) is 0 Å². The number of nitrogens with one attached hydrogen (secondary N) is 1. The summed E-state index contributed by atoms with van der Waals surface area (Å²) in [4.78, 5) is 4.53.